The van der Waals surface area contributed by atoms with Crippen molar-refractivity contribution in [3.8, 4) is 22.6 Å². The van der Waals surface area contributed by atoms with Crippen LogP contribution in [0.2, 0.25) is 5.02 Å². The van der Waals surface area contributed by atoms with Gasteiger partial charge in [-0.15, -0.1) is 0 Å². The molecule has 10 rings (SSSR count). The molecule has 4 amide bonds. The minimum Gasteiger partial charge on any atom is -0.494 e. The van der Waals surface area contributed by atoms with Gasteiger partial charge in [0, 0.05) is 98.5 Å². The molecule has 370 valence electrons. The number of urea groups is 1. The molecule has 4 aromatic carbocycles. The summed E-state index contributed by atoms with van der Waals surface area (Å²) in [5.41, 5.74) is 7.96. The van der Waals surface area contributed by atoms with Crippen molar-refractivity contribution in [1.29, 1.82) is 0 Å². The fourth-order valence-corrected chi connectivity index (χ4v) is 12.1. The first kappa shape index (κ1) is 47.8. The molecular weight excluding hydrogens is 916 g/mol. The van der Waals surface area contributed by atoms with Crippen LogP contribution < -0.4 is 35.6 Å². The van der Waals surface area contributed by atoms with Gasteiger partial charge in [-0.1, -0.05) is 48.9 Å². The van der Waals surface area contributed by atoms with E-state index >= 15 is 8.78 Å². The average molecular weight is 979 g/mol. The third-order valence-corrected chi connectivity index (χ3v) is 16.2. The number of nitrogens with two attached hydrogens (primary N) is 1. The molecule has 0 aliphatic carbocycles. The summed E-state index contributed by atoms with van der Waals surface area (Å²) in [6, 6.07) is 19.9. The van der Waals surface area contributed by atoms with E-state index in [9.17, 15) is 14.4 Å². The van der Waals surface area contributed by atoms with Crippen molar-refractivity contribution in [3.63, 3.8) is 0 Å². The van der Waals surface area contributed by atoms with Crippen LogP contribution in [0.3, 0.4) is 0 Å². The highest BCUT2D eigenvalue weighted by atomic mass is 35.5. The van der Waals surface area contributed by atoms with Crippen molar-refractivity contribution < 1.29 is 32.6 Å². The predicted molar refractivity (Wildman–Crippen MR) is 267 cm³/mol. The number of nitrogens with zero attached hydrogens (tertiary/aromatic N) is 6. The van der Waals surface area contributed by atoms with E-state index in [1.54, 1.807) is 4.90 Å². The molecule has 17 heteroatoms. The zero-order valence-corrected chi connectivity index (χ0v) is 40.9. The number of likely N-dealkylation sites (tertiary alicyclic amines) is 2. The number of fused-ring (bicyclic) bond motifs is 2. The van der Waals surface area contributed by atoms with E-state index in [2.05, 4.69) is 48.6 Å². The standard InChI is InChI=1S/C53H62ClF2N9O5/c1-32-45-43(28-40(55)48(54)47(45)46-39(50(57)67)11-12-42(69-3)49(46)56)70-53(32,35-7-5-4-6-8-35)31-58-36-17-22-63(23-18-36)29-33-13-20-62(21-14-33)30-34-15-24-64(25-16-34)37-9-10-38-41(27-37)61(2)60-51(38)65-26-19-44(66)59-52(65)68/h4-12,27-28,32-34,36,58H,13-26,29-31H2,1-3H3,(H2,57,67)(H,59,66,68)/t32-,53-/m0/s1. The molecule has 0 saturated carbocycles. The molecule has 5 aliphatic heterocycles. The lowest BCUT2D eigenvalue weighted by atomic mass is 9.77. The number of halogens is 3. The molecule has 4 saturated heterocycles. The Hall–Kier alpha value is -5.81. The Morgan fingerprint density at radius 2 is 1.57 bits per heavy atom. The van der Waals surface area contributed by atoms with Crippen LogP contribution in [0.5, 0.6) is 11.5 Å². The second-order valence-corrected chi connectivity index (χ2v) is 20.3. The van der Waals surface area contributed by atoms with E-state index in [1.165, 1.54) is 43.8 Å². The number of amides is 4. The molecule has 0 spiro atoms. The second-order valence-electron chi connectivity index (χ2n) is 19.9. The zero-order chi connectivity index (χ0) is 48.8. The van der Waals surface area contributed by atoms with Gasteiger partial charge in [-0.3, -0.25) is 24.5 Å². The smallest absolute Gasteiger partial charge is 0.329 e. The van der Waals surface area contributed by atoms with Gasteiger partial charge in [-0.05, 0) is 112 Å². The van der Waals surface area contributed by atoms with Crippen LogP contribution in [0.15, 0.2) is 66.7 Å². The molecule has 14 nitrogen and oxygen atoms in total. The number of carbonyl (C=O) groups excluding carboxylic acids is 3. The number of hydrogen-bond acceptors (Lipinski definition) is 10. The van der Waals surface area contributed by atoms with Crippen molar-refractivity contribution in [3.05, 3.63) is 100 Å². The number of carbonyl (C=O) groups is 3. The summed E-state index contributed by atoms with van der Waals surface area (Å²) in [5, 5.41) is 11.5. The molecule has 5 aromatic rings. The van der Waals surface area contributed by atoms with Crippen molar-refractivity contribution in [2.75, 3.05) is 82.4 Å². The summed E-state index contributed by atoms with van der Waals surface area (Å²) in [6.45, 7) is 11.2. The van der Waals surface area contributed by atoms with Crippen LogP contribution >= 0.6 is 11.6 Å². The van der Waals surface area contributed by atoms with Gasteiger partial charge < -0.3 is 35.2 Å². The number of ether oxygens (including phenoxy) is 2. The SMILES string of the molecule is COc1ccc(C(N)=O)c(-c2c(Cl)c(F)cc3c2[C@H](C)[C@@](CNC2CCN(CC4CCN(CC5CCN(c6ccc7c(N8CCC(=O)NC8=O)nn(C)c7c6)CC5)CC4)CC2)(c2ccccc2)O3)c1F. The summed E-state index contributed by atoms with van der Waals surface area (Å²) in [5.74, 6) is -1.20. The van der Waals surface area contributed by atoms with Crippen LogP contribution in [0.1, 0.15) is 79.3 Å². The minimum absolute atomic E-state index is 0.0355. The Morgan fingerprint density at radius 3 is 2.23 bits per heavy atom. The number of primary amides is 1. The maximum atomic E-state index is 16.2. The molecule has 0 bridgehead atoms. The fraction of sp³-hybridized carbons (Fsp3) is 0.472. The molecule has 5 aliphatic rings. The Morgan fingerprint density at radius 1 is 0.900 bits per heavy atom. The lowest BCUT2D eigenvalue weighted by Gasteiger charge is -2.41. The van der Waals surface area contributed by atoms with Gasteiger partial charge in [0.25, 0.3) is 0 Å². The van der Waals surface area contributed by atoms with Gasteiger partial charge >= 0.3 is 6.03 Å². The number of nitrogens with one attached hydrogen (secondary N) is 2. The van der Waals surface area contributed by atoms with Gasteiger partial charge in [0.2, 0.25) is 11.8 Å². The Kier molecular flexibility index (Phi) is 13.5. The second kappa shape index (κ2) is 19.8. The summed E-state index contributed by atoms with van der Waals surface area (Å²) in [7, 11) is 3.22. The van der Waals surface area contributed by atoms with E-state index in [1.807, 2.05) is 49.0 Å². The summed E-state index contributed by atoms with van der Waals surface area (Å²) >= 11 is 6.72. The van der Waals surface area contributed by atoms with E-state index in [-0.39, 0.29) is 51.6 Å². The van der Waals surface area contributed by atoms with Gasteiger partial charge in [0.15, 0.2) is 23.0 Å². The molecule has 6 heterocycles. The number of piperidine rings is 3. The monoisotopic (exact) mass is 977 g/mol. The molecule has 4 fully saturated rings. The number of rotatable bonds is 13. The predicted octanol–water partition coefficient (Wildman–Crippen LogP) is 7.80. The fourth-order valence-electron chi connectivity index (χ4n) is 11.8. The highest BCUT2D eigenvalue weighted by Gasteiger charge is 2.50. The third-order valence-electron chi connectivity index (χ3n) is 15.8. The summed E-state index contributed by atoms with van der Waals surface area (Å²) in [4.78, 5) is 46.3. The van der Waals surface area contributed by atoms with Gasteiger partial charge in [-0.2, -0.15) is 5.10 Å². The number of aromatic nitrogens is 2. The number of imide groups is 1. The normalized spacial score (nSPS) is 22.1. The average Bonchev–Trinajstić information content (AvgIpc) is 3.84. The highest BCUT2D eigenvalue weighted by Crippen LogP contribution is 2.56. The topological polar surface area (TPSA) is 151 Å². The number of benzene rings is 4. The van der Waals surface area contributed by atoms with Crippen LogP contribution in [-0.4, -0.2) is 116 Å². The zero-order valence-electron chi connectivity index (χ0n) is 40.1. The van der Waals surface area contributed by atoms with E-state index in [0.717, 1.165) is 94.5 Å². The lowest BCUT2D eigenvalue weighted by molar-refractivity contribution is -0.120. The van der Waals surface area contributed by atoms with Crippen molar-refractivity contribution in [2.45, 2.75) is 69.4 Å². The number of hydrogen-bond donors (Lipinski definition) is 3. The minimum atomic E-state index is -0.999. The molecule has 0 radical (unpaired) electrons. The first-order valence-electron chi connectivity index (χ1n) is 24.8. The van der Waals surface area contributed by atoms with E-state index in [0.29, 0.717) is 36.3 Å². The van der Waals surface area contributed by atoms with Crippen LogP contribution in [0, 0.1) is 23.5 Å². The van der Waals surface area contributed by atoms with Gasteiger partial charge in [0.1, 0.15) is 11.6 Å². The number of anilines is 2. The van der Waals surface area contributed by atoms with Crippen LogP contribution in [0.25, 0.3) is 22.0 Å². The Labute approximate surface area is 412 Å². The van der Waals surface area contributed by atoms with E-state index < -0.39 is 35.1 Å². The lowest BCUT2D eigenvalue weighted by Crippen LogP contribution is -2.51. The van der Waals surface area contributed by atoms with E-state index in [4.69, 9.17) is 26.8 Å². The van der Waals surface area contributed by atoms with Crippen molar-refractivity contribution in [1.82, 2.24) is 30.2 Å². The van der Waals surface area contributed by atoms with Crippen LogP contribution in [0.4, 0.5) is 25.1 Å². The molecule has 0 unspecified atom stereocenters. The van der Waals surface area contributed by atoms with Crippen LogP contribution in [-0.2, 0) is 17.4 Å². The number of aryl methyl sites for hydroxylation is 1. The molecular formula is C53H62ClF2N9O5. The molecule has 4 N–H and O–H groups in total. The number of methoxy groups -OCH3 is 1. The molecule has 70 heavy (non-hydrogen) atoms. The maximum Gasteiger partial charge on any atom is 0.329 e. The largest absolute Gasteiger partial charge is 0.494 e. The van der Waals surface area contributed by atoms with Crippen molar-refractivity contribution >= 4 is 51.9 Å². The Bertz CT molecular complexity index is 2790. The summed E-state index contributed by atoms with van der Waals surface area (Å²) < 4.78 is 45.9. The van der Waals surface area contributed by atoms with Gasteiger partial charge in [0.05, 0.1) is 23.2 Å². The maximum absolute atomic E-state index is 16.2. The highest BCUT2D eigenvalue weighted by molar-refractivity contribution is 6.34. The van der Waals surface area contributed by atoms with Crippen molar-refractivity contribution in [2.24, 2.45) is 24.6 Å². The third kappa shape index (κ3) is 9.07. The summed E-state index contributed by atoms with van der Waals surface area (Å²) in [6.07, 6.45) is 6.94. The molecule has 2 atom stereocenters. The Balaban J connectivity index is 0.714. The first-order chi connectivity index (χ1) is 33.8. The quantitative estimate of drug-likeness (QED) is 0.107. The van der Waals surface area contributed by atoms with Gasteiger partial charge in [-0.25, -0.2) is 13.6 Å². The first-order valence-corrected chi connectivity index (χ1v) is 25.1. The molecule has 1 aromatic heterocycles.